The maximum atomic E-state index is 11.8. The van der Waals surface area contributed by atoms with E-state index in [-0.39, 0.29) is 12.6 Å². The lowest BCUT2D eigenvalue weighted by Crippen LogP contribution is -2.43. The van der Waals surface area contributed by atoms with Gasteiger partial charge in [-0.2, -0.15) is 0 Å². The summed E-state index contributed by atoms with van der Waals surface area (Å²) < 4.78 is 5.60. The van der Waals surface area contributed by atoms with Gasteiger partial charge in [-0.15, -0.1) is 0 Å². The molecule has 3 N–H and O–H groups in total. The van der Waals surface area contributed by atoms with Gasteiger partial charge in [-0.05, 0) is 38.2 Å². The molecule has 0 saturated carbocycles. The van der Waals surface area contributed by atoms with Gasteiger partial charge in [0.2, 0.25) is 0 Å². The fourth-order valence-corrected chi connectivity index (χ4v) is 2.90. The lowest BCUT2D eigenvalue weighted by atomic mass is 9.75. The molecule has 110 valence electrons. The lowest BCUT2D eigenvalue weighted by molar-refractivity contribution is -0.144. The number of ether oxygens (including phenoxy) is 1. The largest absolute Gasteiger partial charge is 0.481 e. The van der Waals surface area contributed by atoms with E-state index >= 15 is 0 Å². The van der Waals surface area contributed by atoms with Crippen molar-refractivity contribution in [2.75, 3.05) is 13.2 Å². The van der Waals surface area contributed by atoms with Crippen LogP contribution in [0.3, 0.4) is 0 Å². The van der Waals surface area contributed by atoms with E-state index < -0.39 is 11.4 Å². The third-order valence-electron chi connectivity index (χ3n) is 4.25. The summed E-state index contributed by atoms with van der Waals surface area (Å²) in [6.07, 6.45) is 3.54. The van der Waals surface area contributed by atoms with E-state index in [0.29, 0.717) is 6.42 Å². The number of carbonyl (C=O) groups is 1. The third-order valence-corrected chi connectivity index (χ3v) is 4.25. The van der Waals surface area contributed by atoms with Gasteiger partial charge in [0, 0.05) is 13.2 Å². The first-order valence-electron chi connectivity index (χ1n) is 7.21. The fourth-order valence-electron chi connectivity index (χ4n) is 2.90. The van der Waals surface area contributed by atoms with Crippen molar-refractivity contribution in [2.24, 2.45) is 5.73 Å². The van der Waals surface area contributed by atoms with Crippen LogP contribution in [-0.2, 0) is 14.9 Å². The molecule has 1 heterocycles. The number of carboxylic acid groups (broad SMARTS) is 1. The molecule has 0 bridgehead atoms. The quantitative estimate of drug-likeness (QED) is 0.836. The van der Waals surface area contributed by atoms with Gasteiger partial charge >= 0.3 is 5.97 Å². The van der Waals surface area contributed by atoms with Crippen molar-refractivity contribution in [1.29, 1.82) is 0 Å². The first kappa shape index (κ1) is 15.0. The summed E-state index contributed by atoms with van der Waals surface area (Å²) in [5, 5.41) is 9.72. The molecule has 2 rings (SSSR count). The van der Waals surface area contributed by atoms with Crippen molar-refractivity contribution in [3.05, 3.63) is 35.4 Å². The molecule has 1 fully saturated rings. The Morgan fingerprint density at radius 2 is 2.35 bits per heavy atom. The predicted molar refractivity (Wildman–Crippen MR) is 77.8 cm³/mol. The number of hydrogen-bond donors (Lipinski definition) is 2. The molecule has 0 aromatic heterocycles. The Morgan fingerprint density at radius 1 is 1.55 bits per heavy atom. The van der Waals surface area contributed by atoms with Gasteiger partial charge in [0.1, 0.15) is 5.41 Å². The van der Waals surface area contributed by atoms with Crippen LogP contribution in [0.5, 0.6) is 0 Å². The molecule has 4 heteroatoms. The van der Waals surface area contributed by atoms with Gasteiger partial charge in [0.25, 0.3) is 0 Å². The summed E-state index contributed by atoms with van der Waals surface area (Å²) in [5.74, 6) is -0.844. The van der Waals surface area contributed by atoms with E-state index in [2.05, 4.69) is 0 Å². The standard InChI is InChI=1S/C16H23NO3/c1-12-4-2-5-13(10-12)16(11-17,15(18)19)8-7-14-6-3-9-20-14/h2,4-5,10,14H,3,6-9,11,17H2,1H3,(H,18,19). The molecule has 4 nitrogen and oxygen atoms in total. The summed E-state index contributed by atoms with van der Waals surface area (Å²) in [5.41, 5.74) is 6.70. The molecule has 0 amide bonds. The van der Waals surface area contributed by atoms with Crippen LogP contribution in [0.1, 0.15) is 36.8 Å². The van der Waals surface area contributed by atoms with Crippen LogP contribution >= 0.6 is 0 Å². The highest BCUT2D eigenvalue weighted by molar-refractivity contribution is 5.81. The highest BCUT2D eigenvalue weighted by Crippen LogP contribution is 2.32. The van der Waals surface area contributed by atoms with Crippen molar-refractivity contribution < 1.29 is 14.6 Å². The SMILES string of the molecule is Cc1cccc(C(CN)(CCC2CCCO2)C(=O)O)c1. The molecule has 1 aliphatic rings. The zero-order valence-electron chi connectivity index (χ0n) is 12.0. The van der Waals surface area contributed by atoms with Crippen LogP contribution in [0.15, 0.2) is 24.3 Å². The van der Waals surface area contributed by atoms with Crippen molar-refractivity contribution in [1.82, 2.24) is 0 Å². The van der Waals surface area contributed by atoms with Gasteiger partial charge in [-0.3, -0.25) is 4.79 Å². The van der Waals surface area contributed by atoms with Gasteiger partial charge in [-0.25, -0.2) is 0 Å². The summed E-state index contributed by atoms with van der Waals surface area (Å²) >= 11 is 0. The molecular formula is C16H23NO3. The number of nitrogens with two attached hydrogens (primary N) is 1. The van der Waals surface area contributed by atoms with Gasteiger partial charge in [-0.1, -0.05) is 29.8 Å². The lowest BCUT2D eigenvalue weighted by Gasteiger charge is -2.29. The van der Waals surface area contributed by atoms with E-state index in [9.17, 15) is 9.90 Å². The molecule has 2 atom stereocenters. The zero-order chi connectivity index (χ0) is 14.6. The monoisotopic (exact) mass is 277 g/mol. The Morgan fingerprint density at radius 3 is 2.90 bits per heavy atom. The Bertz CT molecular complexity index is 469. The normalized spacial score (nSPS) is 21.6. The Hall–Kier alpha value is -1.39. The van der Waals surface area contributed by atoms with Crippen LogP contribution in [-0.4, -0.2) is 30.3 Å². The molecule has 1 saturated heterocycles. The van der Waals surface area contributed by atoms with Gasteiger partial charge in [0.15, 0.2) is 0 Å². The van der Waals surface area contributed by atoms with Crippen molar-refractivity contribution >= 4 is 5.97 Å². The number of aryl methyl sites for hydroxylation is 1. The van der Waals surface area contributed by atoms with Crippen LogP contribution in [0.4, 0.5) is 0 Å². The van der Waals surface area contributed by atoms with Crippen LogP contribution in [0, 0.1) is 6.92 Å². The van der Waals surface area contributed by atoms with Crippen molar-refractivity contribution in [3.63, 3.8) is 0 Å². The third kappa shape index (κ3) is 3.02. The summed E-state index contributed by atoms with van der Waals surface area (Å²) in [6, 6.07) is 7.65. The topological polar surface area (TPSA) is 72.5 Å². The summed E-state index contributed by atoms with van der Waals surface area (Å²) in [6.45, 7) is 2.86. The minimum absolute atomic E-state index is 0.110. The molecule has 1 aromatic carbocycles. The molecule has 0 spiro atoms. The minimum Gasteiger partial charge on any atom is -0.481 e. The number of rotatable bonds is 6. The Labute approximate surface area is 119 Å². The second-order valence-electron chi connectivity index (χ2n) is 5.63. The minimum atomic E-state index is -1.00. The maximum Gasteiger partial charge on any atom is 0.315 e. The van der Waals surface area contributed by atoms with Gasteiger partial charge < -0.3 is 15.6 Å². The Balaban J connectivity index is 2.22. The van der Waals surface area contributed by atoms with Crippen LogP contribution in [0.2, 0.25) is 0 Å². The van der Waals surface area contributed by atoms with E-state index in [1.165, 1.54) is 0 Å². The predicted octanol–water partition coefficient (Wildman–Crippen LogP) is 2.24. The number of carboxylic acids is 1. The molecule has 1 aliphatic heterocycles. The van der Waals surface area contributed by atoms with E-state index in [4.69, 9.17) is 10.5 Å². The molecule has 2 unspecified atom stereocenters. The van der Waals surface area contributed by atoms with Crippen molar-refractivity contribution in [3.8, 4) is 0 Å². The zero-order valence-corrected chi connectivity index (χ0v) is 12.0. The van der Waals surface area contributed by atoms with E-state index in [0.717, 1.165) is 37.0 Å². The molecular weight excluding hydrogens is 254 g/mol. The van der Waals surface area contributed by atoms with Gasteiger partial charge in [0.05, 0.1) is 6.10 Å². The van der Waals surface area contributed by atoms with E-state index in [1.54, 1.807) is 0 Å². The van der Waals surface area contributed by atoms with Crippen LogP contribution < -0.4 is 5.73 Å². The average Bonchev–Trinajstić information content (AvgIpc) is 2.93. The smallest absolute Gasteiger partial charge is 0.315 e. The first-order valence-corrected chi connectivity index (χ1v) is 7.21. The molecule has 20 heavy (non-hydrogen) atoms. The fraction of sp³-hybridized carbons (Fsp3) is 0.562. The average molecular weight is 277 g/mol. The number of benzene rings is 1. The molecule has 0 radical (unpaired) electrons. The second kappa shape index (κ2) is 6.37. The highest BCUT2D eigenvalue weighted by atomic mass is 16.5. The van der Waals surface area contributed by atoms with Crippen LogP contribution in [0.25, 0.3) is 0 Å². The molecule has 0 aliphatic carbocycles. The summed E-state index contributed by atoms with van der Waals surface area (Å²) in [7, 11) is 0. The highest BCUT2D eigenvalue weighted by Gasteiger charge is 2.39. The van der Waals surface area contributed by atoms with Crippen molar-refractivity contribution in [2.45, 2.75) is 44.1 Å². The van der Waals surface area contributed by atoms with E-state index in [1.807, 2.05) is 31.2 Å². The molecule has 1 aromatic rings. The number of hydrogen-bond acceptors (Lipinski definition) is 3. The first-order chi connectivity index (χ1) is 9.58. The maximum absolute atomic E-state index is 11.8. The Kier molecular flexibility index (Phi) is 4.78. The summed E-state index contributed by atoms with van der Waals surface area (Å²) in [4.78, 5) is 11.8. The number of aliphatic carboxylic acids is 1. The second-order valence-corrected chi connectivity index (χ2v) is 5.63.